The Morgan fingerprint density at radius 1 is 1.03 bits per heavy atom. The van der Waals surface area contributed by atoms with E-state index >= 15 is 0 Å². The molecule has 0 unspecified atom stereocenters. The Morgan fingerprint density at radius 3 is 2.50 bits per heavy atom. The SMILES string of the molecule is CCNC(=NCC1(CCOC)CCCC1)NCCCCOCCc1ccccc1.I. The van der Waals surface area contributed by atoms with Gasteiger partial charge in [-0.1, -0.05) is 43.2 Å². The highest BCUT2D eigenvalue weighted by Gasteiger charge is 2.33. The molecule has 1 aromatic rings. The molecule has 0 atom stereocenters. The van der Waals surface area contributed by atoms with Gasteiger partial charge < -0.3 is 20.1 Å². The summed E-state index contributed by atoms with van der Waals surface area (Å²) in [6.45, 7) is 7.29. The minimum atomic E-state index is 0. The van der Waals surface area contributed by atoms with Crippen molar-refractivity contribution in [2.45, 2.75) is 58.3 Å². The fourth-order valence-electron chi connectivity index (χ4n) is 3.99. The van der Waals surface area contributed by atoms with Crippen molar-refractivity contribution in [3.63, 3.8) is 0 Å². The first-order valence-electron chi connectivity index (χ1n) is 11.4. The molecule has 0 aliphatic heterocycles. The maximum atomic E-state index is 5.77. The summed E-state index contributed by atoms with van der Waals surface area (Å²) in [4.78, 5) is 4.91. The van der Waals surface area contributed by atoms with E-state index in [0.29, 0.717) is 5.41 Å². The minimum absolute atomic E-state index is 0. The van der Waals surface area contributed by atoms with Crippen molar-refractivity contribution >= 4 is 29.9 Å². The number of hydrogen-bond acceptors (Lipinski definition) is 3. The highest BCUT2D eigenvalue weighted by molar-refractivity contribution is 14.0. The van der Waals surface area contributed by atoms with Gasteiger partial charge in [-0.2, -0.15) is 0 Å². The standard InChI is InChI=1S/C24H41N3O2.HI/c1-3-25-23(27-21-24(16-20-28-2)14-7-8-15-24)26-17-9-10-18-29-19-13-22-11-5-4-6-12-22;/h4-6,11-12H,3,7-10,13-21H2,1-2H3,(H2,25,26,27);1H. The second-order valence-corrected chi connectivity index (χ2v) is 8.13. The number of methoxy groups -OCH3 is 1. The molecule has 1 aliphatic rings. The summed E-state index contributed by atoms with van der Waals surface area (Å²) in [5.74, 6) is 0.946. The molecule has 1 fully saturated rings. The molecule has 0 bridgehead atoms. The molecule has 0 radical (unpaired) electrons. The van der Waals surface area contributed by atoms with Gasteiger partial charge in [0, 0.05) is 40.0 Å². The summed E-state index contributed by atoms with van der Waals surface area (Å²) >= 11 is 0. The Bertz CT molecular complexity index is 563. The lowest BCUT2D eigenvalue weighted by Gasteiger charge is -2.27. The van der Waals surface area contributed by atoms with Gasteiger partial charge in [0.15, 0.2) is 5.96 Å². The van der Waals surface area contributed by atoms with Gasteiger partial charge in [-0.05, 0) is 56.4 Å². The van der Waals surface area contributed by atoms with Crippen molar-refractivity contribution < 1.29 is 9.47 Å². The topological polar surface area (TPSA) is 54.9 Å². The molecule has 172 valence electrons. The third-order valence-corrected chi connectivity index (χ3v) is 5.80. The number of halogens is 1. The first-order chi connectivity index (χ1) is 14.3. The Morgan fingerprint density at radius 2 is 1.80 bits per heavy atom. The Balaban J connectivity index is 0.00000450. The van der Waals surface area contributed by atoms with Gasteiger partial charge in [0.1, 0.15) is 0 Å². The van der Waals surface area contributed by atoms with Gasteiger partial charge in [-0.15, -0.1) is 24.0 Å². The molecule has 5 nitrogen and oxygen atoms in total. The fraction of sp³-hybridized carbons (Fsp3) is 0.708. The van der Waals surface area contributed by atoms with Crippen molar-refractivity contribution in [1.82, 2.24) is 10.6 Å². The van der Waals surface area contributed by atoms with Crippen LogP contribution < -0.4 is 10.6 Å². The predicted octanol–water partition coefficient (Wildman–Crippen LogP) is 4.80. The molecule has 0 saturated heterocycles. The van der Waals surface area contributed by atoms with E-state index in [-0.39, 0.29) is 24.0 Å². The van der Waals surface area contributed by atoms with Crippen LogP contribution in [0.3, 0.4) is 0 Å². The van der Waals surface area contributed by atoms with Crippen LogP contribution in [0.5, 0.6) is 0 Å². The maximum Gasteiger partial charge on any atom is 0.191 e. The van der Waals surface area contributed by atoms with Crippen molar-refractivity contribution in [2.75, 3.05) is 46.6 Å². The second-order valence-electron chi connectivity index (χ2n) is 8.13. The van der Waals surface area contributed by atoms with E-state index in [1.54, 1.807) is 7.11 Å². The van der Waals surface area contributed by atoms with E-state index in [0.717, 1.165) is 71.1 Å². The fourth-order valence-corrected chi connectivity index (χ4v) is 3.99. The molecule has 1 saturated carbocycles. The summed E-state index contributed by atoms with van der Waals surface area (Å²) in [7, 11) is 1.79. The van der Waals surface area contributed by atoms with Crippen molar-refractivity contribution in [1.29, 1.82) is 0 Å². The van der Waals surface area contributed by atoms with Crippen molar-refractivity contribution in [2.24, 2.45) is 10.4 Å². The average molecular weight is 532 g/mol. The molecule has 0 aromatic heterocycles. The van der Waals surface area contributed by atoms with Gasteiger partial charge in [-0.25, -0.2) is 0 Å². The lowest BCUT2D eigenvalue weighted by Crippen LogP contribution is -2.39. The number of benzene rings is 1. The Hall–Kier alpha value is -0.860. The van der Waals surface area contributed by atoms with Crippen LogP contribution in [0.25, 0.3) is 0 Å². The van der Waals surface area contributed by atoms with Crippen LogP contribution in [0, 0.1) is 5.41 Å². The number of rotatable bonds is 14. The van der Waals surface area contributed by atoms with Crippen LogP contribution in [0.4, 0.5) is 0 Å². The van der Waals surface area contributed by atoms with Crippen LogP contribution in [-0.2, 0) is 15.9 Å². The first-order valence-corrected chi connectivity index (χ1v) is 11.4. The average Bonchev–Trinajstić information content (AvgIpc) is 3.22. The quantitative estimate of drug-likeness (QED) is 0.157. The maximum absolute atomic E-state index is 5.77. The Kier molecular flexibility index (Phi) is 15.2. The summed E-state index contributed by atoms with van der Waals surface area (Å²) in [5, 5.41) is 6.87. The lowest BCUT2D eigenvalue weighted by atomic mass is 9.83. The molecule has 30 heavy (non-hydrogen) atoms. The van der Waals surface area contributed by atoms with Gasteiger partial charge in [0.2, 0.25) is 0 Å². The van der Waals surface area contributed by atoms with E-state index in [9.17, 15) is 0 Å². The first kappa shape index (κ1) is 27.2. The van der Waals surface area contributed by atoms with Crippen LogP contribution >= 0.6 is 24.0 Å². The zero-order chi connectivity index (χ0) is 20.6. The van der Waals surface area contributed by atoms with Crippen LogP contribution in [0.2, 0.25) is 0 Å². The molecular weight excluding hydrogens is 489 g/mol. The minimum Gasteiger partial charge on any atom is -0.385 e. The summed E-state index contributed by atoms with van der Waals surface area (Å²) in [5.41, 5.74) is 1.68. The zero-order valence-electron chi connectivity index (χ0n) is 19.0. The molecule has 6 heteroatoms. The summed E-state index contributed by atoms with van der Waals surface area (Å²) in [6.07, 6.45) is 9.47. The number of unbranched alkanes of at least 4 members (excludes halogenated alkanes) is 1. The van der Waals surface area contributed by atoms with Crippen LogP contribution in [0.15, 0.2) is 35.3 Å². The van der Waals surface area contributed by atoms with E-state index < -0.39 is 0 Å². The normalized spacial score (nSPS) is 15.6. The van der Waals surface area contributed by atoms with Gasteiger partial charge in [0.05, 0.1) is 6.61 Å². The number of ether oxygens (including phenoxy) is 2. The molecule has 0 spiro atoms. The van der Waals surface area contributed by atoms with Gasteiger partial charge in [-0.3, -0.25) is 4.99 Å². The van der Waals surface area contributed by atoms with Gasteiger partial charge in [0.25, 0.3) is 0 Å². The highest BCUT2D eigenvalue weighted by atomic mass is 127. The summed E-state index contributed by atoms with van der Waals surface area (Å²) < 4.78 is 11.1. The number of nitrogens with one attached hydrogen (secondary N) is 2. The van der Waals surface area contributed by atoms with Crippen molar-refractivity contribution in [3.8, 4) is 0 Å². The largest absolute Gasteiger partial charge is 0.385 e. The molecule has 2 rings (SSSR count). The molecule has 2 N–H and O–H groups in total. The lowest BCUT2D eigenvalue weighted by molar-refractivity contribution is 0.133. The van der Waals surface area contributed by atoms with E-state index in [2.05, 4.69) is 47.9 Å². The third kappa shape index (κ3) is 11.0. The van der Waals surface area contributed by atoms with Crippen LogP contribution in [-0.4, -0.2) is 52.5 Å². The number of nitrogens with zero attached hydrogens (tertiary/aromatic N) is 1. The molecule has 1 aliphatic carbocycles. The molecule has 0 heterocycles. The molecule has 0 amide bonds. The van der Waals surface area contributed by atoms with Crippen molar-refractivity contribution in [3.05, 3.63) is 35.9 Å². The monoisotopic (exact) mass is 531 g/mol. The second kappa shape index (κ2) is 16.8. The third-order valence-electron chi connectivity index (χ3n) is 5.80. The Labute approximate surface area is 200 Å². The van der Waals surface area contributed by atoms with E-state index in [4.69, 9.17) is 14.5 Å². The predicted molar refractivity (Wildman–Crippen MR) is 137 cm³/mol. The van der Waals surface area contributed by atoms with E-state index in [1.807, 2.05) is 0 Å². The zero-order valence-corrected chi connectivity index (χ0v) is 21.3. The number of aliphatic imine (C=N–C) groups is 1. The van der Waals surface area contributed by atoms with E-state index in [1.165, 1.54) is 31.2 Å². The highest BCUT2D eigenvalue weighted by Crippen LogP contribution is 2.41. The molecular formula is C24H42IN3O2. The smallest absolute Gasteiger partial charge is 0.191 e. The summed E-state index contributed by atoms with van der Waals surface area (Å²) in [6, 6.07) is 10.5. The number of hydrogen-bond donors (Lipinski definition) is 2. The number of guanidine groups is 1. The molecule has 1 aromatic carbocycles. The van der Waals surface area contributed by atoms with Crippen LogP contribution in [0.1, 0.15) is 57.4 Å². The van der Waals surface area contributed by atoms with Gasteiger partial charge >= 0.3 is 0 Å².